The largest absolute Gasteiger partial charge is 0.464 e. The molecule has 130 valence electrons. The number of amides is 2. The molecule has 6 nitrogen and oxygen atoms in total. The lowest BCUT2D eigenvalue weighted by Crippen LogP contribution is -2.46. The van der Waals surface area contributed by atoms with Gasteiger partial charge in [-0.3, -0.25) is 0 Å². The number of furan rings is 1. The Hall–Kier alpha value is -1.86. The van der Waals surface area contributed by atoms with Gasteiger partial charge in [0.25, 0.3) is 0 Å². The number of urea groups is 1. The molecule has 3 rings (SSSR count). The van der Waals surface area contributed by atoms with Gasteiger partial charge in [0.2, 0.25) is 0 Å². The van der Waals surface area contributed by atoms with Gasteiger partial charge in [0.05, 0.1) is 11.6 Å². The van der Waals surface area contributed by atoms with Gasteiger partial charge in [0.15, 0.2) is 0 Å². The number of nitrogens with one attached hydrogen (secondary N) is 1. The van der Waals surface area contributed by atoms with Crippen LogP contribution in [-0.2, 0) is 4.74 Å². The van der Waals surface area contributed by atoms with Gasteiger partial charge in [-0.2, -0.15) is 0 Å². The highest BCUT2D eigenvalue weighted by Gasteiger charge is 2.28. The van der Waals surface area contributed by atoms with Crippen molar-refractivity contribution >= 4 is 17.4 Å². The Kier molecular flexibility index (Phi) is 5.52. The lowest BCUT2D eigenvalue weighted by atomic mass is 9.99. The predicted octanol–water partition coefficient (Wildman–Crippen LogP) is 3.32. The molecule has 0 spiro atoms. The van der Waals surface area contributed by atoms with Crippen LogP contribution in [-0.4, -0.2) is 42.7 Å². The van der Waals surface area contributed by atoms with E-state index in [0.717, 1.165) is 35.9 Å². The molecular weight excluding hydrogens is 326 g/mol. The van der Waals surface area contributed by atoms with Gasteiger partial charge in [0, 0.05) is 37.7 Å². The molecule has 0 bridgehead atoms. The van der Waals surface area contributed by atoms with Crippen molar-refractivity contribution in [3.05, 3.63) is 40.2 Å². The van der Waals surface area contributed by atoms with Crippen molar-refractivity contribution in [2.45, 2.75) is 31.7 Å². The number of carbonyl (C=O) groups excluding carboxylic acids is 1. The SMILES string of the molecule is COC[C@@H](NC(=O)N1CCC[C@H](c2nccs2)C1)c1ccc(C)o1. The molecule has 0 aromatic carbocycles. The summed E-state index contributed by atoms with van der Waals surface area (Å²) in [7, 11) is 1.62. The number of aromatic nitrogens is 1. The van der Waals surface area contributed by atoms with E-state index < -0.39 is 0 Å². The van der Waals surface area contributed by atoms with E-state index in [1.807, 2.05) is 35.5 Å². The van der Waals surface area contributed by atoms with Crippen LogP contribution in [0.5, 0.6) is 0 Å². The van der Waals surface area contributed by atoms with E-state index in [1.54, 1.807) is 18.4 Å². The van der Waals surface area contributed by atoms with E-state index in [0.29, 0.717) is 19.1 Å². The van der Waals surface area contributed by atoms with Gasteiger partial charge < -0.3 is 19.4 Å². The molecule has 2 amide bonds. The average Bonchev–Trinajstić information content (AvgIpc) is 3.26. The van der Waals surface area contributed by atoms with Gasteiger partial charge in [-0.25, -0.2) is 9.78 Å². The summed E-state index contributed by atoms with van der Waals surface area (Å²) in [6.45, 7) is 3.74. The first-order valence-corrected chi connectivity index (χ1v) is 9.05. The molecule has 7 heteroatoms. The Bertz CT molecular complexity index is 656. The van der Waals surface area contributed by atoms with Crippen LogP contribution in [0.1, 0.15) is 41.3 Å². The lowest BCUT2D eigenvalue weighted by Gasteiger charge is -2.32. The van der Waals surface area contributed by atoms with Crippen LogP contribution < -0.4 is 5.32 Å². The maximum Gasteiger partial charge on any atom is 0.318 e. The van der Waals surface area contributed by atoms with Crippen LogP contribution >= 0.6 is 11.3 Å². The first-order chi connectivity index (χ1) is 11.7. The summed E-state index contributed by atoms with van der Waals surface area (Å²) in [5.41, 5.74) is 0. The number of ether oxygens (including phenoxy) is 1. The number of hydrogen-bond acceptors (Lipinski definition) is 5. The highest BCUT2D eigenvalue weighted by molar-refractivity contribution is 7.09. The summed E-state index contributed by atoms with van der Waals surface area (Å²) < 4.78 is 10.9. The zero-order valence-corrected chi connectivity index (χ0v) is 14.8. The standard InChI is InChI=1S/C17H23N3O3S/c1-12-5-6-15(23-12)14(11-22-2)19-17(21)20-8-3-4-13(10-20)16-18-7-9-24-16/h5-7,9,13-14H,3-4,8,10-11H2,1-2H3,(H,19,21)/t13-,14+/m0/s1. The molecule has 3 heterocycles. The molecule has 0 unspecified atom stereocenters. The number of piperidine rings is 1. The Labute approximate surface area is 145 Å². The number of likely N-dealkylation sites (tertiary alicyclic amines) is 1. The third-order valence-corrected chi connectivity index (χ3v) is 5.18. The Morgan fingerprint density at radius 1 is 1.58 bits per heavy atom. The molecular formula is C17H23N3O3S. The van der Waals surface area contributed by atoms with Crippen molar-refractivity contribution in [1.82, 2.24) is 15.2 Å². The van der Waals surface area contributed by atoms with Gasteiger partial charge >= 0.3 is 6.03 Å². The zero-order valence-electron chi connectivity index (χ0n) is 14.0. The van der Waals surface area contributed by atoms with Crippen LogP contribution in [0.15, 0.2) is 28.1 Å². The molecule has 1 saturated heterocycles. The number of nitrogens with zero attached hydrogens (tertiary/aromatic N) is 2. The smallest absolute Gasteiger partial charge is 0.318 e. The summed E-state index contributed by atoms with van der Waals surface area (Å²) in [6.07, 6.45) is 3.90. The van der Waals surface area contributed by atoms with Gasteiger partial charge in [-0.05, 0) is 31.9 Å². The number of hydrogen-bond donors (Lipinski definition) is 1. The van der Waals surface area contributed by atoms with Gasteiger partial charge in [-0.15, -0.1) is 11.3 Å². The zero-order chi connectivity index (χ0) is 16.9. The molecule has 1 aliphatic rings. The second-order valence-corrected chi connectivity index (χ2v) is 6.99. The van der Waals surface area contributed by atoms with E-state index in [2.05, 4.69) is 10.3 Å². The van der Waals surface area contributed by atoms with Crippen LogP contribution in [0, 0.1) is 6.92 Å². The highest BCUT2D eigenvalue weighted by atomic mass is 32.1. The second-order valence-electron chi connectivity index (χ2n) is 6.06. The number of thiazole rings is 1. The predicted molar refractivity (Wildman–Crippen MR) is 92.3 cm³/mol. The van der Waals surface area contributed by atoms with Crippen molar-refractivity contribution in [3.63, 3.8) is 0 Å². The van der Waals surface area contributed by atoms with E-state index in [9.17, 15) is 4.79 Å². The summed E-state index contributed by atoms with van der Waals surface area (Å²) in [4.78, 5) is 18.9. The fourth-order valence-electron chi connectivity index (χ4n) is 3.04. The minimum atomic E-state index is -0.281. The topological polar surface area (TPSA) is 67.6 Å². The van der Waals surface area contributed by atoms with E-state index in [-0.39, 0.29) is 12.1 Å². The van der Waals surface area contributed by atoms with E-state index >= 15 is 0 Å². The maximum atomic E-state index is 12.7. The second kappa shape index (κ2) is 7.81. The monoisotopic (exact) mass is 349 g/mol. The van der Waals surface area contributed by atoms with E-state index in [4.69, 9.17) is 9.15 Å². The highest BCUT2D eigenvalue weighted by Crippen LogP contribution is 2.28. The fraction of sp³-hybridized carbons (Fsp3) is 0.529. The summed E-state index contributed by atoms with van der Waals surface area (Å²) in [6, 6.07) is 3.42. The van der Waals surface area contributed by atoms with Crippen molar-refractivity contribution in [2.75, 3.05) is 26.8 Å². The van der Waals surface area contributed by atoms with Crippen LogP contribution in [0.4, 0.5) is 4.79 Å². The molecule has 2 atom stereocenters. The number of aryl methyl sites for hydroxylation is 1. The minimum absolute atomic E-state index is 0.0765. The van der Waals surface area contributed by atoms with Crippen molar-refractivity contribution in [2.24, 2.45) is 0 Å². The van der Waals surface area contributed by atoms with Gasteiger partial charge in [0.1, 0.15) is 17.6 Å². The summed E-state index contributed by atoms with van der Waals surface area (Å²) in [5, 5.41) is 6.14. The number of methoxy groups -OCH3 is 1. The molecule has 0 saturated carbocycles. The Balaban J connectivity index is 1.64. The molecule has 0 aliphatic carbocycles. The lowest BCUT2D eigenvalue weighted by molar-refractivity contribution is 0.141. The minimum Gasteiger partial charge on any atom is -0.464 e. The first kappa shape index (κ1) is 17.0. The Morgan fingerprint density at radius 3 is 3.12 bits per heavy atom. The van der Waals surface area contributed by atoms with Crippen LogP contribution in [0.3, 0.4) is 0 Å². The summed E-state index contributed by atoms with van der Waals surface area (Å²) in [5.74, 6) is 1.87. The van der Waals surface area contributed by atoms with Crippen molar-refractivity contribution in [1.29, 1.82) is 0 Å². The van der Waals surface area contributed by atoms with E-state index in [1.165, 1.54) is 0 Å². The summed E-state index contributed by atoms with van der Waals surface area (Å²) >= 11 is 1.66. The maximum absolute atomic E-state index is 12.7. The number of rotatable bonds is 5. The molecule has 1 N–H and O–H groups in total. The number of carbonyl (C=O) groups is 1. The average molecular weight is 349 g/mol. The van der Waals surface area contributed by atoms with Crippen molar-refractivity contribution in [3.8, 4) is 0 Å². The quantitative estimate of drug-likeness (QED) is 0.899. The molecule has 2 aromatic heterocycles. The van der Waals surface area contributed by atoms with Crippen LogP contribution in [0.25, 0.3) is 0 Å². The third-order valence-electron chi connectivity index (χ3n) is 4.24. The van der Waals surface area contributed by atoms with Gasteiger partial charge in [-0.1, -0.05) is 0 Å². The molecule has 0 radical (unpaired) electrons. The molecule has 1 aliphatic heterocycles. The molecule has 1 fully saturated rings. The van der Waals surface area contributed by atoms with Crippen molar-refractivity contribution < 1.29 is 13.9 Å². The first-order valence-electron chi connectivity index (χ1n) is 8.17. The van der Waals surface area contributed by atoms with Crippen LogP contribution in [0.2, 0.25) is 0 Å². The Morgan fingerprint density at radius 2 is 2.46 bits per heavy atom. The normalized spacial score (nSPS) is 19.2. The fourth-order valence-corrected chi connectivity index (χ4v) is 3.81. The molecule has 2 aromatic rings. The molecule has 24 heavy (non-hydrogen) atoms. The third kappa shape index (κ3) is 3.96.